The highest BCUT2D eigenvalue weighted by Crippen LogP contribution is 2.28. The lowest BCUT2D eigenvalue weighted by molar-refractivity contribution is 0.0503. The quantitative estimate of drug-likeness (QED) is 0.896. The Morgan fingerprint density at radius 1 is 1.44 bits per heavy atom. The van der Waals surface area contributed by atoms with E-state index in [0.717, 1.165) is 12.6 Å². The molecule has 1 fully saturated rings. The van der Waals surface area contributed by atoms with Crippen molar-refractivity contribution in [3.8, 4) is 5.88 Å². The number of rotatable bonds is 3. The smallest absolute Gasteiger partial charge is 0.407 e. The molecule has 0 bridgehead atoms. The molecule has 0 unspecified atom stereocenters. The molecule has 2 atom stereocenters. The Morgan fingerprint density at radius 3 is 2.92 bits per heavy atom. The van der Waals surface area contributed by atoms with Crippen LogP contribution in [0.2, 0.25) is 5.15 Å². The third kappa shape index (κ3) is 4.31. The standard InChI is InChI=1S/C16H20ClFN4O3/c1-16(2,3)25-15(23)20-9-4-5-10(6-9)24-14-13-11(18)7-19-22(13)8-12(17)21-14/h7-10H,4-6H2,1-3H3,(H,20,23)/t9-,10+/m0/s1. The second kappa shape index (κ2) is 6.67. The molecule has 0 saturated heterocycles. The van der Waals surface area contributed by atoms with Gasteiger partial charge in [0.05, 0.1) is 12.4 Å². The number of ether oxygens (including phenoxy) is 2. The maximum absolute atomic E-state index is 13.9. The minimum absolute atomic E-state index is 0.0650. The van der Waals surface area contributed by atoms with Crippen molar-refractivity contribution >= 4 is 23.2 Å². The number of nitrogens with one attached hydrogen (secondary N) is 1. The van der Waals surface area contributed by atoms with Crippen LogP contribution in [0.15, 0.2) is 12.4 Å². The maximum Gasteiger partial charge on any atom is 0.407 e. The van der Waals surface area contributed by atoms with Crippen LogP contribution < -0.4 is 10.1 Å². The minimum Gasteiger partial charge on any atom is -0.473 e. The molecule has 1 N–H and O–H groups in total. The number of carbonyl (C=O) groups excluding carboxylic acids is 1. The summed E-state index contributed by atoms with van der Waals surface area (Å²) in [6.07, 6.45) is 3.86. The highest BCUT2D eigenvalue weighted by Gasteiger charge is 2.30. The van der Waals surface area contributed by atoms with Crippen LogP contribution in [-0.4, -0.2) is 38.4 Å². The van der Waals surface area contributed by atoms with Gasteiger partial charge in [-0.05, 0) is 33.6 Å². The van der Waals surface area contributed by atoms with Gasteiger partial charge in [0, 0.05) is 12.5 Å². The topological polar surface area (TPSA) is 77.8 Å². The second-order valence-electron chi connectivity index (χ2n) is 7.05. The third-order valence-electron chi connectivity index (χ3n) is 3.77. The van der Waals surface area contributed by atoms with Crippen molar-refractivity contribution in [1.29, 1.82) is 0 Å². The van der Waals surface area contributed by atoms with E-state index < -0.39 is 17.5 Å². The van der Waals surface area contributed by atoms with E-state index >= 15 is 0 Å². The first-order chi connectivity index (χ1) is 11.7. The van der Waals surface area contributed by atoms with Gasteiger partial charge in [-0.2, -0.15) is 10.1 Å². The number of nitrogens with zero attached hydrogens (tertiary/aromatic N) is 3. The summed E-state index contributed by atoms with van der Waals surface area (Å²) in [5.74, 6) is -0.425. The van der Waals surface area contributed by atoms with Gasteiger partial charge in [0.25, 0.3) is 0 Å². The number of fused-ring (bicyclic) bond motifs is 1. The molecule has 2 aromatic rings. The molecule has 3 rings (SSSR count). The molecule has 1 saturated carbocycles. The van der Waals surface area contributed by atoms with Crippen LogP contribution in [-0.2, 0) is 4.74 Å². The molecule has 7 nitrogen and oxygen atoms in total. The van der Waals surface area contributed by atoms with Crippen molar-refractivity contribution in [3.05, 3.63) is 23.4 Å². The van der Waals surface area contributed by atoms with Gasteiger partial charge in [0.2, 0.25) is 5.88 Å². The summed E-state index contributed by atoms with van der Waals surface area (Å²) in [6, 6.07) is -0.0650. The predicted molar refractivity (Wildman–Crippen MR) is 89.4 cm³/mol. The summed E-state index contributed by atoms with van der Waals surface area (Å²) in [5, 5.41) is 6.85. The zero-order chi connectivity index (χ0) is 18.2. The van der Waals surface area contributed by atoms with E-state index in [0.29, 0.717) is 12.8 Å². The van der Waals surface area contributed by atoms with Crippen LogP contribution in [0.25, 0.3) is 5.52 Å². The van der Waals surface area contributed by atoms with Gasteiger partial charge < -0.3 is 14.8 Å². The number of alkyl carbamates (subject to hydrolysis) is 1. The van der Waals surface area contributed by atoms with Gasteiger partial charge in [-0.25, -0.2) is 13.7 Å². The van der Waals surface area contributed by atoms with Gasteiger partial charge in [-0.3, -0.25) is 0 Å². The normalized spacial score (nSPS) is 20.7. The van der Waals surface area contributed by atoms with Crippen molar-refractivity contribution in [1.82, 2.24) is 19.9 Å². The molecule has 1 amide bonds. The largest absolute Gasteiger partial charge is 0.473 e. The van der Waals surface area contributed by atoms with E-state index in [1.54, 1.807) is 0 Å². The fourth-order valence-electron chi connectivity index (χ4n) is 2.81. The molecule has 0 aromatic carbocycles. The summed E-state index contributed by atoms with van der Waals surface area (Å²) in [6.45, 7) is 5.43. The molecule has 1 aliphatic rings. The third-order valence-corrected chi connectivity index (χ3v) is 3.96. The summed E-state index contributed by atoms with van der Waals surface area (Å²) >= 11 is 5.93. The molecule has 0 aliphatic heterocycles. The highest BCUT2D eigenvalue weighted by molar-refractivity contribution is 6.29. The summed E-state index contributed by atoms with van der Waals surface area (Å²) < 4.78 is 26.3. The number of amides is 1. The molecule has 136 valence electrons. The van der Waals surface area contributed by atoms with Crippen LogP contribution in [0.5, 0.6) is 5.88 Å². The number of carbonyl (C=O) groups is 1. The average Bonchev–Trinajstić information content (AvgIpc) is 3.04. The Balaban J connectivity index is 1.64. The average molecular weight is 371 g/mol. The molecular formula is C16H20ClFN4O3. The summed E-state index contributed by atoms with van der Waals surface area (Å²) in [4.78, 5) is 15.9. The Labute approximate surface area is 149 Å². The molecular weight excluding hydrogens is 351 g/mol. The summed E-state index contributed by atoms with van der Waals surface area (Å²) in [7, 11) is 0. The number of hydrogen-bond acceptors (Lipinski definition) is 5. The highest BCUT2D eigenvalue weighted by atomic mass is 35.5. The first-order valence-corrected chi connectivity index (χ1v) is 8.44. The van der Waals surface area contributed by atoms with Crippen molar-refractivity contribution in [2.24, 2.45) is 0 Å². The van der Waals surface area contributed by atoms with Gasteiger partial charge in [-0.15, -0.1) is 0 Å². The van der Waals surface area contributed by atoms with Crippen LogP contribution in [0.3, 0.4) is 0 Å². The lowest BCUT2D eigenvalue weighted by Gasteiger charge is -2.21. The van der Waals surface area contributed by atoms with Crippen LogP contribution >= 0.6 is 11.6 Å². The first kappa shape index (κ1) is 17.7. The minimum atomic E-state index is -0.547. The lowest BCUT2D eigenvalue weighted by atomic mass is 10.2. The fraction of sp³-hybridized carbons (Fsp3) is 0.562. The van der Waals surface area contributed by atoms with Crippen molar-refractivity contribution < 1.29 is 18.7 Å². The van der Waals surface area contributed by atoms with Gasteiger partial charge in [-0.1, -0.05) is 11.6 Å². The van der Waals surface area contributed by atoms with Gasteiger partial charge in [0.15, 0.2) is 16.5 Å². The predicted octanol–water partition coefficient (Wildman–Crippen LogP) is 3.35. The maximum atomic E-state index is 13.9. The first-order valence-electron chi connectivity index (χ1n) is 8.07. The molecule has 0 spiro atoms. The molecule has 25 heavy (non-hydrogen) atoms. The number of hydrogen-bond donors (Lipinski definition) is 1. The van der Waals surface area contributed by atoms with E-state index in [4.69, 9.17) is 21.1 Å². The summed E-state index contributed by atoms with van der Waals surface area (Å²) in [5.41, 5.74) is -0.401. The molecule has 2 heterocycles. The number of halogens is 2. The second-order valence-corrected chi connectivity index (χ2v) is 7.44. The van der Waals surface area contributed by atoms with Gasteiger partial charge >= 0.3 is 6.09 Å². The Bertz CT molecular complexity index is 790. The fourth-order valence-corrected chi connectivity index (χ4v) is 2.98. The molecule has 9 heteroatoms. The number of aromatic nitrogens is 3. The van der Waals surface area contributed by atoms with E-state index in [2.05, 4.69) is 15.4 Å². The SMILES string of the molecule is CC(C)(C)OC(=O)N[C@H]1CC[C@@H](Oc2nc(Cl)cn3ncc(F)c23)C1. The van der Waals surface area contributed by atoms with Gasteiger partial charge in [0.1, 0.15) is 11.7 Å². The Hall–Kier alpha value is -2.09. The monoisotopic (exact) mass is 370 g/mol. The van der Waals surface area contributed by atoms with E-state index in [9.17, 15) is 9.18 Å². The lowest BCUT2D eigenvalue weighted by Crippen LogP contribution is -2.38. The van der Waals surface area contributed by atoms with Crippen LogP contribution in [0, 0.1) is 5.82 Å². The van der Waals surface area contributed by atoms with Crippen LogP contribution in [0.1, 0.15) is 40.0 Å². The van der Waals surface area contributed by atoms with E-state index in [1.807, 2.05) is 20.8 Å². The van der Waals surface area contributed by atoms with Crippen molar-refractivity contribution in [2.45, 2.75) is 57.8 Å². The van der Waals surface area contributed by atoms with Crippen molar-refractivity contribution in [2.75, 3.05) is 0 Å². The molecule has 0 radical (unpaired) electrons. The Morgan fingerprint density at radius 2 is 2.20 bits per heavy atom. The zero-order valence-electron chi connectivity index (χ0n) is 14.3. The Kier molecular flexibility index (Phi) is 4.73. The van der Waals surface area contributed by atoms with E-state index in [1.165, 1.54) is 10.7 Å². The molecule has 1 aliphatic carbocycles. The zero-order valence-corrected chi connectivity index (χ0v) is 15.0. The van der Waals surface area contributed by atoms with E-state index in [-0.39, 0.29) is 28.7 Å². The molecule has 2 aromatic heterocycles. The van der Waals surface area contributed by atoms with Crippen LogP contribution in [0.4, 0.5) is 9.18 Å². The van der Waals surface area contributed by atoms with Crippen molar-refractivity contribution in [3.63, 3.8) is 0 Å².